The van der Waals surface area contributed by atoms with Gasteiger partial charge < -0.3 is 14.8 Å². The van der Waals surface area contributed by atoms with Crippen LogP contribution in [-0.4, -0.2) is 12.3 Å². The number of hydrogen-bond donors (Lipinski definition) is 1. The van der Waals surface area contributed by atoms with Crippen LogP contribution in [0, 0.1) is 13.8 Å². The summed E-state index contributed by atoms with van der Waals surface area (Å²) in [4.78, 5) is 0. The number of thiocarbonyl (C=S) groups is 1. The molecule has 2 aromatic carbocycles. The monoisotopic (exact) mass is 379 g/mol. The van der Waals surface area contributed by atoms with Crippen molar-refractivity contribution in [2.24, 2.45) is 0 Å². The van der Waals surface area contributed by atoms with E-state index in [-0.39, 0.29) is 0 Å². The molecule has 0 saturated heterocycles. The zero-order chi connectivity index (χ0) is 16.1. The topological polar surface area (TPSA) is 30.5 Å². The smallest absolute Gasteiger partial charge is 0.260 e. The largest absolute Gasteiger partial charge is 0.489 e. The molecule has 0 aliphatic carbocycles. The van der Waals surface area contributed by atoms with Crippen LogP contribution in [0.25, 0.3) is 0 Å². The van der Waals surface area contributed by atoms with Crippen LogP contribution < -0.4 is 10.1 Å². The Morgan fingerprint density at radius 1 is 1.18 bits per heavy atom. The van der Waals surface area contributed by atoms with Crippen LogP contribution in [0.1, 0.15) is 16.7 Å². The minimum absolute atomic E-state index is 0.329. The number of rotatable bonds is 4. The summed E-state index contributed by atoms with van der Waals surface area (Å²) in [7, 11) is 1.54. The molecule has 0 radical (unpaired) electrons. The molecule has 0 aromatic heterocycles. The number of aryl methyl sites for hydroxylation is 2. The fourth-order valence-electron chi connectivity index (χ4n) is 2.08. The van der Waals surface area contributed by atoms with Gasteiger partial charge in [-0.25, -0.2) is 0 Å². The van der Waals surface area contributed by atoms with E-state index < -0.39 is 0 Å². The third-order valence-corrected chi connectivity index (χ3v) is 3.97. The summed E-state index contributed by atoms with van der Waals surface area (Å²) in [5.41, 5.74) is 4.21. The highest BCUT2D eigenvalue weighted by atomic mass is 79.9. The normalized spacial score (nSPS) is 10.2. The molecule has 0 aliphatic heterocycles. The van der Waals surface area contributed by atoms with Crippen LogP contribution in [0.2, 0.25) is 0 Å². The van der Waals surface area contributed by atoms with Gasteiger partial charge in [-0.05, 0) is 55.9 Å². The average Bonchev–Trinajstić information content (AvgIpc) is 2.48. The Morgan fingerprint density at radius 3 is 2.64 bits per heavy atom. The van der Waals surface area contributed by atoms with Crippen molar-refractivity contribution in [1.29, 1.82) is 0 Å². The van der Waals surface area contributed by atoms with Gasteiger partial charge in [0, 0.05) is 15.7 Å². The molecule has 2 aromatic rings. The molecule has 0 heterocycles. The van der Waals surface area contributed by atoms with E-state index >= 15 is 0 Å². The fraction of sp³-hybridized carbons (Fsp3) is 0.235. The molecule has 0 atom stereocenters. The van der Waals surface area contributed by atoms with Crippen molar-refractivity contribution in [3.8, 4) is 5.75 Å². The first-order valence-corrected chi connectivity index (χ1v) is 8.03. The van der Waals surface area contributed by atoms with Crippen molar-refractivity contribution < 1.29 is 9.47 Å². The van der Waals surface area contributed by atoms with Crippen LogP contribution in [0.5, 0.6) is 5.75 Å². The zero-order valence-electron chi connectivity index (χ0n) is 12.8. The standard InChI is InChI=1S/C17H18BrNO2S/c1-11-4-7-16(12(2)8-11)21-10-13-9-14(18)5-6-15(13)19-17(22)20-3/h4-9H,10H2,1-3H3,(H,19,22). The van der Waals surface area contributed by atoms with Crippen molar-refractivity contribution in [3.63, 3.8) is 0 Å². The van der Waals surface area contributed by atoms with E-state index in [9.17, 15) is 0 Å². The van der Waals surface area contributed by atoms with E-state index in [2.05, 4.69) is 34.2 Å². The zero-order valence-corrected chi connectivity index (χ0v) is 15.2. The molecule has 0 spiro atoms. The lowest BCUT2D eigenvalue weighted by atomic mass is 10.1. The first kappa shape index (κ1) is 16.8. The summed E-state index contributed by atoms with van der Waals surface area (Å²) >= 11 is 8.54. The second-order valence-corrected chi connectivity index (χ2v) is 6.26. The van der Waals surface area contributed by atoms with Crippen LogP contribution in [-0.2, 0) is 11.3 Å². The van der Waals surface area contributed by atoms with Crippen molar-refractivity contribution in [1.82, 2.24) is 0 Å². The van der Waals surface area contributed by atoms with Gasteiger partial charge in [-0.2, -0.15) is 0 Å². The maximum absolute atomic E-state index is 5.94. The lowest BCUT2D eigenvalue weighted by Crippen LogP contribution is -2.13. The fourth-order valence-corrected chi connectivity index (χ4v) is 2.60. The Bertz CT molecular complexity index is 688. The van der Waals surface area contributed by atoms with Crippen LogP contribution in [0.4, 0.5) is 5.69 Å². The van der Waals surface area contributed by atoms with E-state index in [0.717, 1.165) is 27.0 Å². The van der Waals surface area contributed by atoms with Crippen molar-refractivity contribution in [2.75, 3.05) is 12.4 Å². The van der Waals surface area contributed by atoms with Crippen molar-refractivity contribution in [3.05, 3.63) is 57.6 Å². The third kappa shape index (κ3) is 4.45. The van der Waals surface area contributed by atoms with Gasteiger partial charge in [0.15, 0.2) is 0 Å². The van der Waals surface area contributed by atoms with Gasteiger partial charge in [-0.3, -0.25) is 0 Å². The molecular formula is C17H18BrNO2S. The van der Waals surface area contributed by atoms with Crippen LogP contribution in [0.3, 0.4) is 0 Å². The number of methoxy groups -OCH3 is 1. The average molecular weight is 380 g/mol. The van der Waals surface area contributed by atoms with Gasteiger partial charge in [0.1, 0.15) is 12.4 Å². The summed E-state index contributed by atoms with van der Waals surface area (Å²) in [6.45, 7) is 4.55. The molecule has 1 N–H and O–H groups in total. The number of ether oxygens (including phenoxy) is 2. The molecule has 0 bridgehead atoms. The Morgan fingerprint density at radius 2 is 1.95 bits per heavy atom. The molecule has 116 valence electrons. The lowest BCUT2D eigenvalue weighted by Gasteiger charge is -2.14. The molecule has 0 unspecified atom stereocenters. The van der Waals surface area contributed by atoms with E-state index in [0.29, 0.717) is 11.8 Å². The van der Waals surface area contributed by atoms with Crippen LogP contribution >= 0.6 is 28.1 Å². The quantitative estimate of drug-likeness (QED) is 0.758. The van der Waals surface area contributed by atoms with Gasteiger partial charge in [0.05, 0.1) is 7.11 Å². The summed E-state index contributed by atoms with van der Waals surface area (Å²) in [5.74, 6) is 0.880. The number of anilines is 1. The van der Waals surface area contributed by atoms with Gasteiger partial charge in [-0.1, -0.05) is 33.6 Å². The van der Waals surface area contributed by atoms with Gasteiger partial charge in [0.25, 0.3) is 5.17 Å². The van der Waals surface area contributed by atoms with E-state index in [4.69, 9.17) is 21.7 Å². The summed E-state index contributed by atoms with van der Waals surface area (Å²) < 4.78 is 11.9. The van der Waals surface area contributed by atoms with Crippen molar-refractivity contribution >= 4 is 39.0 Å². The summed E-state index contributed by atoms with van der Waals surface area (Å²) in [6.07, 6.45) is 0. The molecule has 22 heavy (non-hydrogen) atoms. The predicted molar refractivity (Wildman–Crippen MR) is 97.6 cm³/mol. The Balaban J connectivity index is 2.17. The molecule has 2 rings (SSSR count). The third-order valence-electron chi connectivity index (χ3n) is 3.20. The van der Waals surface area contributed by atoms with Crippen molar-refractivity contribution in [2.45, 2.75) is 20.5 Å². The maximum Gasteiger partial charge on any atom is 0.260 e. The molecule has 0 aliphatic rings. The second-order valence-electron chi connectivity index (χ2n) is 4.98. The van der Waals surface area contributed by atoms with E-state index in [1.165, 1.54) is 5.56 Å². The summed E-state index contributed by atoms with van der Waals surface area (Å²) in [5, 5.41) is 3.38. The predicted octanol–water partition coefficient (Wildman–Crippen LogP) is 4.99. The van der Waals surface area contributed by atoms with Gasteiger partial charge in [-0.15, -0.1) is 0 Å². The number of nitrogens with one attached hydrogen (secondary N) is 1. The molecule has 5 heteroatoms. The van der Waals surface area contributed by atoms with Gasteiger partial charge >= 0.3 is 0 Å². The first-order valence-electron chi connectivity index (χ1n) is 6.83. The van der Waals surface area contributed by atoms with Crippen LogP contribution in [0.15, 0.2) is 40.9 Å². The highest BCUT2D eigenvalue weighted by molar-refractivity contribution is 9.10. The van der Waals surface area contributed by atoms with E-state index in [1.54, 1.807) is 7.11 Å². The molecular weight excluding hydrogens is 362 g/mol. The van der Waals surface area contributed by atoms with E-state index in [1.807, 2.05) is 37.3 Å². The Labute approximate surface area is 144 Å². The highest BCUT2D eigenvalue weighted by Gasteiger charge is 2.08. The number of hydrogen-bond acceptors (Lipinski definition) is 3. The minimum Gasteiger partial charge on any atom is -0.489 e. The molecule has 0 saturated carbocycles. The lowest BCUT2D eigenvalue weighted by molar-refractivity contribution is 0.304. The Hall–Kier alpha value is -1.59. The summed E-state index contributed by atoms with van der Waals surface area (Å²) in [6, 6.07) is 12.0. The SMILES string of the molecule is COC(=S)Nc1ccc(Br)cc1COc1ccc(C)cc1C. The second kappa shape index (κ2) is 7.61. The van der Waals surface area contributed by atoms with Gasteiger partial charge in [0.2, 0.25) is 0 Å². The maximum atomic E-state index is 5.94. The Kier molecular flexibility index (Phi) is 5.80. The minimum atomic E-state index is 0.329. The highest BCUT2D eigenvalue weighted by Crippen LogP contribution is 2.25. The molecule has 3 nitrogen and oxygen atoms in total. The number of halogens is 1. The molecule has 0 amide bonds. The number of benzene rings is 2. The molecule has 0 fully saturated rings. The first-order chi connectivity index (χ1) is 10.5.